The highest BCUT2D eigenvalue weighted by atomic mass is 16.6. The van der Waals surface area contributed by atoms with E-state index in [2.05, 4.69) is 21.6 Å². The van der Waals surface area contributed by atoms with Crippen molar-refractivity contribution < 1.29 is 4.92 Å². The number of nitro groups is 1. The Hall–Kier alpha value is -3.40. The fraction of sp³-hybridized carbons (Fsp3) is 0.222. The van der Waals surface area contributed by atoms with Crippen molar-refractivity contribution in [2.24, 2.45) is 0 Å². The van der Waals surface area contributed by atoms with Crippen LogP contribution < -0.4 is 5.32 Å². The van der Waals surface area contributed by atoms with Gasteiger partial charge in [-0.1, -0.05) is 12.1 Å². The van der Waals surface area contributed by atoms with Crippen LogP contribution in [0.5, 0.6) is 0 Å². The van der Waals surface area contributed by atoms with Crippen LogP contribution in [-0.2, 0) is 0 Å². The van der Waals surface area contributed by atoms with Crippen molar-refractivity contribution in [3.63, 3.8) is 0 Å². The molecular formula is C18H15N5O2. The largest absolute Gasteiger partial charge is 0.377 e. The summed E-state index contributed by atoms with van der Waals surface area (Å²) in [6, 6.07) is 13.2. The van der Waals surface area contributed by atoms with Crippen LogP contribution >= 0.6 is 0 Å². The van der Waals surface area contributed by atoms with Crippen molar-refractivity contribution in [1.82, 2.24) is 10.2 Å². The number of nitrogens with zero attached hydrogens (tertiary/aromatic N) is 3. The quantitative estimate of drug-likeness (QED) is 0.559. The number of benzene rings is 2. The van der Waals surface area contributed by atoms with Crippen LogP contribution in [0.15, 0.2) is 42.6 Å². The second kappa shape index (κ2) is 5.91. The van der Waals surface area contributed by atoms with E-state index in [0.29, 0.717) is 17.2 Å². The van der Waals surface area contributed by atoms with E-state index in [1.807, 2.05) is 24.3 Å². The van der Waals surface area contributed by atoms with Gasteiger partial charge in [-0.3, -0.25) is 15.2 Å². The van der Waals surface area contributed by atoms with Gasteiger partial charge in [0.05, 0.1) is 28.3 Å². The summed E-state index contributed by atoms with van der Waals surface area (Å²) in [4.78, 5) is 11.0. The molecule has 1 heterocycles. The molecule has 0 radical (unpaired) electrons. The second-order valence-corrected chi connectivity index (χ2v) is 6.33. The van der Waals surface area contributed by atoms with Crippen LogP contribution in [0.2, 0.25) is 0 Å². The van der Waals surface area contributed by atoms with E-state index in [0.717, 1.165) is 23.7 Å². The Kier molecular flexibility index (Phi) is 3.58. The molecule has 3 aromatic rings. The highest BCUT2D eigenvalue weighted by Gasteiger charge is 2.31. The number of anilines is 1. The molecule has 7 nitrogen and oxygen atoms in total. The van der Waals surface area contributed by atoms with Crippen LogP contribution in [0.25, 0.3) is 10.9 Å². The van der Waals surface area contributed by atoms with Gasteiger partial charge in [-0.05, 0) is 42.5 Å². The summed E-state index contributed by atoms with van der Waals surface area (Å²) < 4.78 is 0. The maximum atomic E-state index is 11.3. The average molecular weight is 333 g/mol. The van der Waals surface area contributed by atoms with Gasteiger partial charge < -0.3 is 5.32 Å². The van der Waals surface area contributed by atoms with Gasteiger partial charge in [-0.15, -0.1) is 0 Å². The molecule has 0 amide bonds. The fourth-order valence-electron chi connectivity index (χ4n) is 3.30. The monoisotopic (exact) mass is 333 g/mol. The van der Waals surface area contributed by atoms with Crippen LogP contribution in [-0.4, -0.2) is 21.2 Å². The third-order valence-electron chi connectivity index (χ3n) is 4.76. The lowest BCUT2D eigenvalue weighted by Crippen LogP contribution is -2.34. The van der Waals surface area contributed by atoms with Gasteiger partial charge in [0, 0.05) is 17.5 Å². The Morgan fingerprint density at radius 3 is 2.72 bits per heavy atom. The number of rotatable bonds is 4. The third kappa shape index (κ3) is 2.78. The summed E-state index contributed by atoms with van der Waals surface area (Å²) in [7, 11) is 0. The zero-order valence-electron chi connectivity index (χ0n) is 13.3. The van der Waals surface area contributed by atoms with E-state index in [1.54, 1.807) is 12.3 Å². The third-order valence-corrected chi connectivity index (χ3v) is 4.76. The highest BCUT2D eigenvalue weighted by molar-refractivity contribution is 5.87. The van der Waals surface area contributed by atoms with Gasteiger partial charge in [-0.2, -0.15) is 10.4 Å². The van der Waals surface area contributed by atoms with E-state index in [-0.39, 0.29) is 16.7 Å². The van der Waals surface area contributed by atoms with E-state index in [9.17, 15) is 10.1 Å². The maximum Gasteiger partial charge on any atom is 0.293 e. The van der Waals surface area contributed by atoms with Crippen LogP contribution in [0.1, 0.15) is 29.9 Å². The summed E-state index contributed by atoms with van der Waals surface area (Å²) >= 11 is 0. The molecule has 0 bridgehead atoms. The normalized spacial score (nSPS) is 19.2. The molecule has 0 saturated heterocycles. The highest BCUT2D eigenvalue weighted by Crippen LogP contribution is 2.40. The number of hydrogen-bond acceptors (Lipinski definition) is 5. The standard InChI is InChI=1S/C18H15N5O2/c19-9-11-1-3-12(4-2-11)13-5-15(6-13)21-17-8-16-14(10-20-22-16)7-18(17)23(24)25/h1-4,7-8,10,13,15,21H,5-6H2,(H,20,22). The van der Waals surface area contributed by atoms with E-state index < -0.39 is 0 Å². The van der Waals surface area contributed by atoms with Crippen molar-refractivity contribution in [2.75, 3.05) is 5.32 Å². The molecule has 0 atom stereocenters. The number of H-pyrrole nitrogens is 1. The number of nitro benzene ring substituents is 1. The number of aromatic amines is 1. The first-order valence-electron chi connectivity index (χ1n) is 8.02. The van der Waals surface area contributed by atoms with E-state index in [4.69, 9.17) is 5.26 Å². The first-order chi connectivity index (χ1) is 12.1. The average Bonchev–Trinajstić information content (AvgIpc) is 3.04. The van der Waals surface area contributed by atoms with Crippen molar-refractivity contribution in [1.29, 1.82) is 5.26 Å². The molecule has 124 valence electrons. The summed E-state index contributed by atoms with van der Waals surface area (Å²) in [5.74, 6) is 0.417. The Balaban J connectivity index is 1.48. The molecule has 1 saturated carbocycles. The molecule has 0 unspecified atom stereocenters. The number of fused-ring (bicyclic) bond motifs is 1. The molecular weight excluding hydrogens is 318 g/mol. The minimum absolute atomic E-state index is 0.0655. The Bertz CT molecular complexity index is 981. The smallest absolute Gasteiger partial charge is 0.293 e. The first kappa shape index (κ1) is 15.1. The van der Waals surface area contributed by atoms with Crippen LogP contribution in [0, 0.1) is 21.4 Å². The molecule has 25 heavy (non-hydrogen) atoms. The maximum absolute atomic E-state index is 11.3. The lowest BCUT2D eigenvalue weighted by Gasteiger charge is -2.36. The molecule has 0 aliphatic heterocycles. The van der Waals surface area contributed by atoms with Gasteiger partial charge in [0.1, 0.15) is 5.69 Å². The Morgan fingerprint density at radius 2 is 2.04 bits per heavy atom. The van der Waals surface area contributed by atoms with E-state index >= 15 is 0 Å². The van der Waals surface area contributed by atoms with Crippen molar-refractivity contribution in [3.05, 3.63) is 63.8 Å². The predicted octanol–water partition coefficient (Wildman–Crippen LogP) is 3.70. The SMILES string of the molecule is N#Cc1ccc(C2CC(Nc3cc4[nH]ncc4cc3[N+](=O)[O-])C2)cc1. The first-order valence-corrected chi connectivity index (χ1v) is 8.02. The van der Waals surface area contributed by atoms with Gasteiger partial charge in [0.25, 0.3) is 5.69 Å². The summed E-state index contributed by atoms with van der Waals surface area (Å²) in [5.41, 5.74) is 3.22. The zero-order chi connectivity index (χ0) is 17.4. The minimum atomic E-state index is -0.370. The van der Waals surface area contributed by atoms with Gasteiger partial charge in [-0.25, -0.2) is 0 Å². The molecule has 0 spiro atoms. The molecule has 1 aliphatic rings. The molecule has 2 N–H and O–H groups in total. The van der Waals surface area contributed by atoms with Gasteiger partial charge in [0.15, 0.2) is 0 Å². The zero-order valence-corrected chi connectivity index (χ0v) is 13.3. The molecule has 4 rings (SSSR count). The Labute approximate surface area is 143 Å². The summed E-state index contributed by atoms with van der Waals surface area (Å²) in [5, 5.41) is 31.0. The van der Waals surface area contributed by atoms with Crippen molar-refractivity contribution in [2.45, 2.75) is 24.8 Å². The molecule has 1 fully saturated rings. The van der Waals surface area contributed by atoms with Crippen LogP contribution in [0.3, 0.4) is 0 Å². The summed E-state index contributed by atoms with van der Waals surface area (Å²) in [6.07, 6.45) is 3.39. The minimum Gasteiger partial charge on any atom is -0.377 e. The van der Waals surface area contributed by atoms with Crippen molar-refractivity contribution in [3.8, 4) is 6.07 Å². The van der Waals surface area contributed by atoms with Gasteiger partial charge >= 0.3 is 0 Å². The number of nitrogens with one attached hydrogen (secondary N) is 2. The number of nitriles is 1. The Morgan fingerprint density at radius 1 is 1.28 bits per heavy atom. The molecule has 2 aromatic carbocycles. The summed E-state index contributed by atoms with van der Waals surface area (Å²) in [6.45, 7) is 0. The second-order valence-electron chi connectivity index (χ2n) is 6.33. The van der Waals surface area contributed by atoms with Crippen molar-refractivity contribution >= 4 is 22.3 Å². The fourth-order valence-corrected chi connectivity index (χ4v) is 3.30. The van der Waals surface area contributed by atoms with E-state index in [1.165, 1.54) is 11.6 Å². The lowest BCUT2D eigenvalue weighted by atomic mass is 9.75. The molecule has 1 aromatic heterocycles. The molecule has 1 aliphatic carbocycles. The lowest BCUT2D eigenvalue weighted by molar-refractivity contribution is -0.383. The number of hydrogen-bond donors (Lipinski definition) is 2. The molecule has 7 heteroatoms. The topological polar surface area (TPSA) is 108 Å². The number of aromatic nitrogens is 2. The predicted molar refractivity (Wildman–Crippen MR) is 93.3 cm³/mol. The van der Waals surface area contributed by atoms with Gasteiger partial charge in [0.2, 0.25) is 0 Å². The van der Waals surface area contributed by atoms with Crippen LogP contribution in [0.4, 0.5) is 11.4 Å².